The van der Waals surface area contributed by atoms with E-state index in [-0.39, 0.29) is 12.6 Å². The lowest BCUT2D eigenvalue weighted by molar-refractivity contribution is -0.150. The lowest BCUT2D eigenvalue weighted by Crippen LogP contribution is -2.31. The van der Waals surface area contributed by atoms with Gasteiger partial charge in [-0.25, -0.2) is 4.79 Å². The van der Waals surface area contributed by atoms with Crippen LogP contribution >= 0.6 is 0 Å². The molecule has 4 nitrogen and oxygen atoms in total. The van der Waals surface area contributed by atoms with E-state index in [1.54, 1.807) is 0 Å². The van der Waals surface area contributed by atoms with Crippen LogP contribution in [0.4, 0.5) is 0 Å². The first-order valence-corrected chi connectivity index (χ1v) is 8.70. The average molecular weight is 350 g/mol. The van der Waals surface area contributed by atoms with Crippen LogP contribution in [0.5, 0.6) is 0 Å². The van der Waals surface area contributed by atoms with Crippen molar-refractivity contribution in [3.8, 4) is 0 Å². The number of rotatable bonds is 5. The molecule has 0 spiro atoms. The molecule has 0 unspecified atom stereocenters. The summed E-state index contributed by atoms with van der Waals surface area (Å²) in [5, 5.41) is 0.784. The van der Waals surface area contributed by atoms with Crippen LogP contribution in [0.25, 0.3) is 11.0 Å². The van der Waals surface area contributed by atoms with Gasteiger partial charge in [-0.3, -0.25) is 4.79 Å². The van der Waals surface area contributed by atoms with E-state index < -0.39 is 11.0 Å². The second-order valence-corrected chi connectivity index (χ2v) is 6.84. The molecule has 1 heterocycles. The molecular formula is C22H22O4. The second kappa shape index (κ2) is 7.16. The van der Waals surface area contributed by atoms with Crippen LogP contribution in [0.15, 0.2) is 63.8 Å². The fourth-order valence-corrected chi connectivity index (χ4v) is 2.91. The zero-order valence-corrected chi connectivity index (χ0v) is 15.2. The molecule has 3 rings (SSSR count). The summed E-state index contributed by atoms with van der Waals surface area (Å²) in [5.74, 6) is -0.338. The van der Waals surface area contributed by atoms with Gasteiger partial charge < -0.3 is 9.15 Å². The van der Waals surface area contributed by atoms with E-state index in [1.165, 1.54) is 6.07 Å². The third kappa shape index (κ3) is 3.54. The first-order valence-electron chi connectivity index (χ1n) is 8.70. The molecule has 0 aliphatic heterocycles. The number of fused-ring (bicyclic) bond motifs is 1. The largest absolute Gasteiger partial charge is 0.460 e. The zero-order valence-electron chi connectivity index (χ0n) is 15.2. The summed E-state index contributed by atoms with van der Waals surface area (Å²) < 4.78 is 10.8. The molecule has 0 saturated heterocycles. The molecule has 0 amide bonds. The van der Waals surface area contributed by atoms with Crippen molar-refractivity contribution in [3.63, 3.8) is 0 Å². The normalized spacial score (nSPS) is 11.5. The summed E-state index contributed by atoms with van der Waals surface area (Å²) in [6.07, 6.45) is 0.851. The third-order valence-electron chi connectivity index (χ3n) is 4.67. The van der Waals surface area contributed by atoms with Gasteiger partial charge in [-0.2, -0.15) is 0 Å². The maximum Gasteiger partial charge on any atom is 0.336 e. The number of esters is 1. The first kappa shape index (κ1) is 17.9. The number of carbonyl (C=O) groups excluding carboxylic acids is 1. The van der Waals surface area contributed by atoms with Crippen molar-refractivity contribution in [1.82, 2.24) is 0 Å². The van der Waals surface area contributed by atoms with Crippen molar-refractivity contribution in [2.45, 2.75) is 39.2 Å². The summed E-state index contributed by atoms with van der Waals surface area (Å²) in [4.78, 5) is 24.5. The van der Waals surface area contributed by atoms with Gasteiger partial charge in [0.2, 0.25) is 0 Å². The Morgan fingerprint density at radius 1 is 1.08 bits per heavy atom. The predicted octanol–water partition coefficient (Wildman–Crippen LogP) is 4.38. The van der Waals surface area contributed by atoms with Crippen molar-refractivity contribution in [2.24, 2.45) is 0 Å². The molecule has 0 atom stereocenters. The Morgan fingerprint density at radius 3 is 2.50 bits per heavy atom. The molecule has 0 radical (unpaired) electrons. The van der Waals surface area contributed by atoms with Crippen molar-refractivity contribution >= 4 is 16.9 Å². The van der Waals surface area contributed by atoms with Crippen molar-refractivity contribution in [1.29, 1.82) is 0 Å². The van der Waals surface area contributed by atoms with Crippen LogP contribution in [0.2, 0.25) is 0 Å². The fraction of sp³-hybridized carbons (Fsp3) is 0.273. The van der Waals surface area contributed by atoms with Gasteiger partial charge in [-0.15, -0.1) is 0 Å². The number of aryl methyl sites for hydroxylation is 1. The molecule has 4 heteroatoms. The highest BCUT2D eigenvalue weighted by atomic mass is 16.5. The summed E-state index contributed by atoms with van der Waals surface area (Å²) in [6.45, 7) is 5.73. The monoisotopic (exact) mass is 350 g/mol. The van der Waals surface area contributed by atoms with Gasteiger partial charge in [0, 0.05) is 17.0 Å². The fourth-order valence-electron chi connectivity index (χ4n) is 2.91. The van der Waals surface area contributed by atoms with E-state index in [0.717, 1.165) is 22.9 Å². The predicted molar refractivity (Wildman–Crippen MR) is 101 cm³/mol. The maximum atomic E-state index is 12.6. The molecule has 2 aromatic carbocycles. The summed E-state index contributed by atoms with van der Waals surface area (Å²) in [5.41, 5.74) is 1.92. The minimum absolute atomic E-state index is 0.0304. The Balaban J connectivity index is 1.85. The topological polar surface area (TPSA) is 56.5 Å². The van der Waals surface area contributed by atoms with Gasteiger partial charge in [0.15, 0.2) is 0 Å². The van der Waals surface area contributed by atoms with Gasteiger partial charge in [-0.1, -0.05) is 49.4 Å². The smallest absolute Gasteiger partial charge is 0.336 e. The lowest BCUT2D eigenvalue weighted by Gasteiger charge is -2.23. The van der Waals surface area contributed by atoms with Crippen LogP contribution in [0.3, 0.4) is 0 Å². The molecule has 0 aliphatic rings. The number of ether oxygens (including phenoxy) is 1. The maximum absolute atomic E-state index is 12.6. The van der Waals surface area contributed by atoms with Crippen molar-refractivity contribution < 1.29 is 13.9 Å². The van der Waals surface area contributed by atoms with E-state index in [0.29, 0.717) is 11.1 Å². The minimum Gasteiger partial charge on any atom is -0.460 e. The molecule has 0 aliphatic carbocycles. The van der Waals surface area contributed by atoms with Crippen molar-refractivity contribution in [3.05, 3.63) is 81.7 Å². The summed E-state index contributed by atoms with van der Waals surface area (Å²) in [7, 11) is 0. The number of benzene rings is 2. The van der Waals surface area contributed by atoms with Crippen LogP contribution in [-0.4, -0.2) is 5.97 Å². The lowest BCUT2D eigenvalue weighted by atomic mass is 9.85. The Labute approximate surface area is 152 Å². The standard InChI is InChI=1S/C22H22O4/c1-4-15-10-11-18-16(13-20(23)26-19(18)12-15)14-25-21(24)22(2,3)17-8-6-5-7-9-17/h5-13H,4,14H2,1-3H3. The average Bonchev–Trinajstić information content (AvgIpc) is 2.65. The van der Waals surface area contributed by atoms with Crippen LogP contribution in [0.1, 0.15) is 37.5 Å². The van der Waals surface area contributed by atoms with Crippen LogP contribution in [0, 0.1) is 0 Å². The Bertz CT molecular complexity index is 984. The third-order valence-corrected chi connectivity index (χ3v) is 4.67. The first-order chi connectivity index (χ1) is 12.4. The molecule has 134 valence electrons. The zero-order chi connectivity index (χ0) is 18.7. The Kier molecular flexibility index (Phi) is 4.94. The molecule has 26 heavy (non-hydrogen) atoms. The minimum atomic E-state index is -0.772. The molecule has 0 N–H and O–H groups in total. The van der Waals surface area contributed by atoms with E-state index in [4.69, 9.17) is 9.15 Å². The highest BCUT2D eigenvalue weighted by Gasteiger charge is 2.31. The second-order valence-electron chi connectivity index (χ2n) is 6.84. The molecule has 3 aromatic rings. The van der Waals surface area contributed by atoms with Gasteiger partial charge in [0.05, 0.1) is 5.41 Å². The van der Waals surface area contributed by atoms with E-state index in [2.05, 4.69) is 0 Å². The number of carbonyl (C=O) groups is 1. The van der Waals surface area contributed by atoms with Gasteiger partial charge in [0.1, 0.15) is 12.2 Å². The van der Waals surface area contributed by atoms with E-state index in [9.17, 15) is 9.59 Å². The van der Waals surface area contributed by atoms with Gasteiger partial charge in [-0.05, 0) is 37.5 Å². The number of hydrogen-bond donors (Lipinski definition) is 0. The molecule has 0 bridgehead atoms. The van der Waals surface area contributed by atoms with Gasteiger partial charge >= 0.3 is 11.6 Å². The molecule has 0 fully saturated rings. The molecule has 1 aromatic heterocycles. The quantitative estimate of drug-likeness (QED) is 0.506. The SMILES string of the molecule is CCc1ccc2c(COC(=O)C(C)(C)c3ccccc3)cc(=O)oc2c1. The summed E-state index contributed by atoms with van der Waals surface area (Å²) >= 11 is 0. The molecular weight excluding hydrogens is 328 g/mol. The van der Waals surface area contributed by atoms with Gasteiger partial charge in [0.25, 0.3) is 0 Å². The Morgan fingerprint density at radius 2 is 1.81 bits per heavy atom. The Hall–Kier alpha value is -2.88. The highest BCUT2D eigenvalue weighted by molar-refractivity contribution is 5.83. The van der Waals surface area contributed by atoms with E-state index in [1.807, 2.05) is 69.3 Å². The van der Waals surface area contributed by atoms with Crippen molar-refractivity contribution in [2.75, 3.05) is 0 Å². The number of hydrogen-bond acceptors (Lipinski definition) is 4. The summed E-state index contributed by atoms with van der Waals surface area (Å²) in [6, 6.07) is 16.6. The molecule has 0 saturated carbocycles. The van der Waals surface area contributed by atoms with Crippen LogP contribution < -0.4 is 5.63 Å². The van der Waals surface area contributed by atoms with E-state index >= 15 is 0 Å². The highest BCUT2D eigenvalue weighted by Crippen LogP contribution is 2.26. The van der Waals surface area contributed by atoms with Crippen LogP contribution in [-0.2, 0) is 28.0 Å².